The first-order chi connectivity index (χ1) is 10.2. The molecule has 0 heterocycles. The van der Waals surface area contributed by atoms with Crippen LogP contribution in [0.3, 0.4) is 0 Å². The average molecular weight is 315 g/mol. The normalized spacial score (nSPS) is 14.1. The molecule has 0 amide bonds. The van der Waals surface area contributed by atoms with E-state index in [1.54, 1.807) is 25.2 Å². The third-order valence-corrected chi connectivity index (χ3v) is 3.50. The van der Waals surface area contributed by atoms with E-state index in [9.17, 15) is 4.79 Å². The number of carbonyl (C=O) groups excluding carboxylic acids is 1. The number of methoxy groups -OCH3 is 1. The van der Waals surface area contributed by atoms with Crippen LogP contribution in [0, 0.1) is 5.41 Å². The predicted molar refractivity (Wildman–Crippen MR) is 89.0 cm³/mol. The van der Waals surface area contributed by atoms with Crippen LogP contribution >= 0.6 is 0 Å². The van der Waals surface area contributed by atoms with Crippen molar-refractivity contribution in [2.45, 2.75) is 40.7 Å². The van der Waals surface area contributed by atoms with Crippen molar-refractivity contribution in [3.63, 3.8) is 0 Å². The maximum atomic E-state index is 12.0. The second kappa shape index (κ2) is 9.82. The van der Waals surface area contributed by atoms with Crippen molar-refractivity contribution >= 4 is 5.97 Å². The van der Waals surface area contributed by atoms with Crippen molar-refractivity contribution in [2.75, 3.05) is 40.5 Å². The lowest BCUT2D eigenvalue weighted by molar-refractivity contribution is -0.139. The maximum Gasteiger partial charge on any atom is 0.337 e. The van der Waals surface area contributed by atoms with Crippen molar-refractivity contribution in [1.82, 2.24) is 9.91 Å². The lowest BCUT2D eigenvalue weighted by Gasteiger charge is -2.39. The fourth-order valence-corrected chi connectivity index (χ4v) is 2.23. The summed E-state index contributed by atoms with van der Waals surface area (Å²) < 4.78 is 10.2. The molecule has 1 atom stereocenters. The first-order valence-electron chi connectivity index (χ1n) is 7.75. The van der Waals surface area contributed by atoms with Crippen LogP contribution in [0.1, 0.15) is 34.6 Å². The molecule has 0 radical (unpaired) electrons. The summed E-state index contributed by atoms with van der Waals surface area (Å²) in [5.41, 5.74) is 0.506. The van der Waals surface area contributed by atoms with Crippen LogP contribution in [-0.2, 0) is 14.3 Å². The third kappa shape index (κ3) is 7.24. The fourth-order valence-electron chi connectivity index (χ4n) is 2.23. The van der Waals surface area contributed by atoms with E-state index in [1.807, 2.05) is 18.9 Å². The first kappa shape index (κ1) is 20.9. The van der Waals surface area contributed by atoms with Crippen molar-refractivity contribution in [3.05, 3.63) is 11.8 Å². The van der Waals surface area contributed by atoms with Gasteiger partial charge in [-0.2, -0.15) is 0 Å². The number of esters is 1. The van der Waals surface area contributed by atoms with Gasteiger partial charge in [0.1, 0.15) is 0 Å². The molecule has 0 unspecified atom stereocenters. The minimum absolute atomic E-state index is 0.00484. The molecule has 0 aromatic carbocycles. The molecule has 0 aliphatic heterocycles. The molecule has 0 aliphatic rings. The monoisotopic (exact) mass is 315 g/mol. The van der Waals surface area contributed by atoms with Gasteiger partial charge >= 0.3 is 5.97 Å². The van der Waals surface area contributed by atoms with Gasteiger partial charge in [-0.15, -0.1) is 0 Å². The summed E-state index contributed by atoms with van der Waals surface area (Å²) in [5, 5.41) is 1.78. The Kier molecular flexibility index (Phi) is 9.32. The van der Waals surface area contributed by atoms with E-state index >= 15 is 0 Å². The number of carbonyl (C=O) groups is 1. The zero-order valence-corrected chi connectivity index (χ0v) is 15.2. The summed E-state index contributed by atoms with van der Waals surface area (Å²) in [7, 11) is 3.52. The van der Waals surface area contributed by atoms with E-state index < -0.39 is 0 Å². The Bertz CT molecular complexity index is 364. The van der Waals surface area contributed by atoms with Crippen LogP contribution in [-0.4, -0.2) is 62.4 Å². The highest BCUT2D eigenvalue weighted by Crippen LogP contribution is 2.25. The number of hydrogen-bond acceptors (Lipinski definition) is 6. The highest BCUT2D eigenvalue weighted by molar-refractivity contribution is 5.88. The van der Waals surface area contributed by atoms with E-state index in [1.165, 1.54) is 0 Å². The number of ether oxygens (including phenoxy) is 2. The molecular weight excluding hydrogens is 282 g/mol. The van der Waals surface area contributed by atoms with Gasteiger partial charge in [0, 0.05) is 39.5 Å². The molecule has 6 nitrogen and oxygen atoms in total. The fraction of sp³-hybridized carbons (Fsp3) is 0.812. The highest BCUT2D eigenvalue weighted by atomic mass is 16.5. The summed E-state index contributed by atoms with van der Waals surface area (Å²) in [6, 6.07) is 0.152. The molecule has 0 spiro atoms. The number of nitrogens with two attached hydrogens (primary N) is 1. The Morgan fingerprint density at radius 1 is 1.32 bits per heavy atom. The second-order valence-electron chi connectivity index (χ2n) is 6.44. The predicted octanol–water partition coefficient (Wildman–Crippen LogP) is 1.62. The van der Waals surface area contributed by atoms with Crippen LogP contribution in [0.4, 0.5) is 0 Å². The zero-order chi connectivity index (χ0) is 17.3. The average Bonchev–Trinajstić information content (AvgIpc) is 2.42. The van der Waals surface area contributed by atoms with Crippen LogP contribution in [0.5, 0.6) is 0 Å². The molecule has 22 heavy (non-hydrogen) atoms. The molecule has 0 aromatic rings. The molecule has 0 bridgehead atoms. The van der Waals surface area contributed by atoms with E-state index in [2.05, 4.69) is 20.8 Å². The Morgan fingerprint density at radius 3 is 2.32 bits per heavy atom. The van der Waals surface area contributed by atoms with Crippen molar-refractivity contribution < 1.29 is 14.3 Å². The molecule has 0 saturated heterocycles. The van der Waals surface area contributed by atoms with Gasteiger partial charge in [0.2, 0.25) is 0 Å². The van der Waals surface area contributed by atoms with E-state index in [0.29, 0.717) is 18.7 Å². The van der Waals surface area contributed by atoms with Crippen LogP contribution in [0.2, 0.25) is 0 Å². The lowest BCUT2D eigenvalue weighted by Crippen LogP contribution is -2.49. The Hall–Kier alpha value is -1.11. The molecule has 2 N–H and O–H groups in total. The molecule has 0 aromatic heterocycles. The van der Waals surface area contributed by atoms with Crippen LogP contribution < -0.4 is 5.84 Å². The van der Waals surface area contributed by atoms with Crippen LogP contribution in [0.25, 0.3) is 0 Å². The smallest absolute Gasteiger partial charge is 0.337 e. The standard InChI is InChI=1S/C16H33N3O3/c1-8-19(17)11-14(16(3,4)5)18(6)10-13(12-21-7)15(20)22-9-2/h10,14H,8-9,11-12,17H2,1-7H3/b13-10+/t14-/m0/s1. The van der Waals surface area contributed by atoms with Gasteiger partial charge in [-0.1, -0.05) is 27.7 Å². The third-order valence-electron chi connectivity index (χ3n) is 3.50. The Balaban J connectivity index is 5.27. The van der Waals surface area contributed by atoms with Crippen molar-refractivity contribution in [3.8, 4) is 0 Å². The first-order valence-corrected chi connectivity index (χ1v) is 7.75. The molecule has 0 aliphatic carbocycles. The molecule has 0 saturated carbocycles. The largest absolute Gasteiger partial charge is 0.463 e. The van der Waals surface area contributed by atoms with Gasteiger partial charge in [0.25, 0.3) is 0 Å². The summed E-state index contributed by atoms with van der Waals surface area (Å²) in [4.78, 5) is 14.0. The number of rotatable bonds is 9. The minimum Gasteiger partial charge on any atom is -0.463 e. The number of hydrazine groups is 1. The molecule has 6 heteroatoms. The lowest BCUT2D eigenvalue weighted by atomic mass is 9.85. The van der Waals surface area contributed by atoms with Gasteiger partial charge in [-0.25, -0.2) is 9.80 Å². The molecular formula is C16H33N3O3. The quantitative estimate of drug-likeness (QED) is 0.302. The van der Waals surface area contributed by atoms with E-state index in [-0.39, 0.29) is 24.0 Å². The summed E-state index contributed by atoms with van der Waals surface area (Å²) in [6.07, 6.45) is 1.81. The summed E-state index contributed by atoms with van der Waals surface area (Å²) in [6.45, 7) is 12.3. The van der Waals surface area contributed by atoms with Gasteiger partial charge in [0.05, 0.1) is 18.8 Å². The number of likely N-dealkylation sites (N-methyl/N-ethyl adjacent to an activating group) is 2. The Morgan fingerprint density at radius 2 is 1.91 bits per heavy atom. The highest BCUT2D eigenvalue weighted by Gasteiger charge is 2.29. The second-order valence-corrected chi connectivity index (χ2v) is 6.44. The van der Waals surface area contributed by atoms with Crippen molar-refractivity contribution in [2.24, 2.45) is 11.3 Å². The zero-order valence-electron chi connectivity index (χ0n) is 15.2. The topological polar surface area (TPSA) is 68.0 Å². The molecule has 130 valence electrons. The van der Waals surface area contributed by atoms with Crippen molar-refractivity contribution in [1.29, 1.82) is 0 Å². The van der Waals surface area contributed by atoms with Gasteiger partial charge < -0.3 is 14.4 Å². The molecule has 0 rings (SSSR count). The Labute approximate surface area is 135 Å². The molecule has 0 fully saturated rings. The van der Waals surface area contributed by atoms with Gasteiger partial charge in [0.15, 0.2) is 0 Å². The summed E-state index contributed by atoms with van der Waals surface area (Å²) in [5.74, 6) is 5.63. The minimum atomic E-state index is -0.344. The van der Waals surface area contributed by atoms with Gasteiger partial charge in [-0.3, -0.25) is 5.84 Å². The van der Waals surface area contributed by atoms with E-state index in [4.69, 9.17) is 15.3 Å². The van der Waals surface area contributed by atoms with E-state index in [0.717, 1.165) is 6.54 Å². The number of nitrogens with zero attached hydrogens (tertiary/aromatic N) is 2. The SMILES string of the molecule is CCOC(=O)/C(=C/N(C)[C@@H](CN(N)CC)C(C)(C)C)COC. The van der Waals surface area contributed by atoms with Gasteiger partial charge in [-0.05, 0) is 12.3 Å². The van der Waals surface area contributed by atoms with Crippen LogP contribution in [0.15, 0.2) is 11.8 Å². The number of hydrogen-bond donors (Lipinski definition) is 1. The maximum absolute atomic E-state index is 12.0. The summed E-state index contributed by atoms with van der Waals surface area (Å²) >= 11 is 0.